The first-order chi connectivity index (χ1) is 22.3. The fourth-order valence-corrected chi connectivity index (χ4v) is 7.29. The predicted molar refractivity (Wildman–Crippen MR) is 188 cm³/mol. The van der Waals surface area contributed by atoms with Crippen LogP contribution in [0.15, 0.2) is 162 Å². The van der Waals surface area contributed by atoms with Crippen molar-refractivity contribution in [3.8, 4) is 22.5 Å². The molecule has 0 saturated carbocycles. The third kappa shape index (κ3) is 3.52. The van der Waals surface area contributed by atoms with Crippen LogP contribution in [0.5, 0.6) is 0 Å². The van der Waals surface area contributed by atoms with Gasteiger partial charge in [0, 0.05) is 43.7 Å². The molecule has 0 fully saturated rings. The largest absolute Gasteiger partial charge is 0.456 e. The molecule has 0 bridgehead atoms. The van der Waals surface area contributed by atoms with E-state index in [9.17, 15) is 0 Å². The predicted octanol–water partition coefficient (Wildman–Crippen LogP) is 11.4. The summed E-state index contributed by atoms with van der Waals surface area (Å²) in [6.07, 6.45) is 0. The zero-order valence-electron chi connectivity index (χ0n) is 24.3. The summed E-state index contributed by atoms with van der Waals surface area (Å²) in [6, 6.07) is 56.6. The van der Waals surface area contributed by atoms with Gasteiger partial charge in [-0.1, -0.05) is 91.0 Å². The molecule has 0 saturated heterocycles. The third-order valence-electron chi connectivity index (χ3n) is 9.31. The van der Waals surface area contributed by atoms with Gasteiger partial charge < -0.3 is 13.6 Å². The molecule has 0 aliphatic heterocycles. The molecule has 45 heavy (non-hydrogen) atoms. The molecule has 0 unspecified atom stereocenters. The lowest BCUT2D eigenvalue weighted by Gasteiger charge is -2.10. The molecular formula is C42H26N2O. The van der Waals surface area contributed by atoms with Gasteiger partial charge in [-0.15, -0.1) is 0 Å². The van der Waals surface area contributed by atoms with Crippen LogP contribution in [0, 0.1) is 0 Å². The first-order valence-corrected chi connectivity index (χ1v) is 15.4. The maximum absolute atomic E-state index is 6.31. The maximum Gasteiger partial charge on any atom is 0.135 e. The Bertz CT molecular complexity index is 2710. The maximum atomic E-state index is 6.31. The van der Waals surface area contributed by atoms with Crippen molar-refractivity contribution in [1.29, 1.82) is 0 Å². The number of fused-ring (bicyclic) bond motifs is 9. The first kappa shape index (κ1) is 24.4. The Morgan fingerprint density at radius 2 is 0.778 bits per heavy atom. The average molecular weight is 575 g/mol. The van der Waals surface area contributed by atoms with Gasteiger partial charge in [0.05, 0.1) is 22.1 Å². The quantitative estimate of drug-likeness (QED) is 0.206. The molecule has 3 heterocycles. The van der Waals surface area contributed by atoms with Crippen LogP contribution < -0.4 is 0 Å². The third-order valence-corrected chi connectivity index (χ3v) is 9.31. The zero-order valence-corrected chi connectivity index (χ0v) is 24.3. The van der Waals surface area contributed by atoms with Gasteiger partial charge in [-0.05, 0) is 77.9 Å². The minimum absolute atomic E-state index is 0.897. The summed E-state index contributed by atoms with van der Waals surface area (Å²) >= 11 is 0. The standard InChI is InChI=1S/C42H26N2O/c1-2-10-27(11-3-1)28-18-22-41-35(24-28)36-26-30(20-23-42(36)45-41)44-39-17-9-6-14-33(39)34-25-29(19-21-40(34)44)43-37-15-7-4-12-31(37)32-13-5-8-16-38(32)43/h1-26H. The number of furan rings is 1. The average Bonchev–Trinajstić information content (AvgIpc) is 3.75. The summed E-state index contributed by atoms with van der Waals surface area (Å²) in [5.41, 5.74) is 11.3. The fourth-order valence-electron chi connectivity index (χ4n) is 7.29. The normalized spacial score (nSPS) is 12.0. The number of rotatable bonds is 3. The molecule has 3 heteroatoms. The lowest BCUT2D eigenvalue weighted by atomic mass is 10.0. The van der Waals surface area contributed by atoms with E-state index in [0.29, 0.717) is 0 Å². The lowest BCUT2D eigenvalue weighted by molar-refractivity contribution is 0.669. The summed E-state index contributed by atoms with van der Waals surface area (Å²) in [5, 5.41) is 7.25. The summed E-state index contributed by atoms with van der Waals surface area (Å²) in [4.78, 5) is 0. The van der Waals surface area contributed by atoms with Crippen LogP contribution >= 0.6 is 0 Å². The first-order valence-electron chi connectivity index (χ1n) is 15.4. The highest BCUT2D eigenvalue weighted by atomic mass is 16.3. The van der Waals surface area contributed by atoms with E-state index < -0.39 is 0 Å². The second-order valence-electron chi connectivity index (χ2n) is 11.8. The summed E-state index contributed by atoms with van der Waals surface area (Å²) < 4.78 is 11.1. The molecule has 0 N–H and O–H groups in total. The summed E-state index contributed by atoms with van der Waals surface area (Å²) in [7, 11) is 0. The number of nitrogens with zero attached hydrogens (tertiary/aromatic N) is 2. The van der Waals surface area contributed by atoms with Gasteiger partial charge in [0.1, 0.15) is 11.2 Å². The smallest absolute Gasteiger partial charge is 0.135 e. The fraction of sp³-hybridized carbons (Fsp3) is 0. The van der Waals surface area contributed by atoms with E-state index in [1.54, 1.807) is 0 Å². The van der Waals surface area contributed by atoms with Gasteiger partial charge >= 0.3 is 0 Å². The van der Waals surface area contributed by atoms with Crippen LogP contribution in [-0.2, 0) is 0 Å². The molecule has 3 aromatic heterocycles. The van der Waals surface area contributed by atoms with Crippen LogP contribution in [-0.4, -0.2) is 9.13 Å². The van der Waals surface area contributed by atoms with Gasteiger partial charge in [0.2, 0.25) is 0 Å². The number of para-hydroxylation sites is 3. The van der Waals surface area contributed by atoms with E-state index in [2.05, 4.69) is 167 Å². The molecule has 7 aromatic carbocycles. The van der Waals surface area contributed by atoms with Crippen molar-refractivity contribution >= 4 is 65.6 Å². The Labute approximate surface area is 258 Å². The summed E-state index contributed by atoms with van der Waals surface area (Å²) in [5.74, 6) is 0. The van der Waals surface area contributed by atoms with E-state index in [-0.39, 0.29) is 0 Å². The minimum atomic E-state index is 0.897. The monoisotopic (exact) mass is 574 g/mol. The van der Waals surface area contributed by atoms with Crippen molar-refractivity contribution < 1.29 is 4.42 Å². The SMILES string of the molecule is c1ccc(-c2ccc3oc4ccc(-n5c6ccccc6c6cc(-n7c8ccccc8c8ccccc87)ccc65)cc4c3c2)cc1. The van der Waals surface area contributed by atoms with Gasteiger partial charge in [0.15, 0.2) is 0 Å². The lowest BCUT2D eigenvalue weighted by Crippen LogP contribution is -1.95. The Morgan fingerprint density at radius 1 is 0.311 bits per heavy atom. The van der Waals surface area contributed by atoms with Crippen LogP contribution in [0.25, 0.3) is 88.1 Å². The molecule has 0 aliphatic carbocycles. The second kappa shape index (κ2) is 9.22. The van der Waals surface area contributed by atoms with Gasteiger partial charge in [0.25, 0.3) is 0 Å². The summed E-state index contributed by atoms with van der Waals surface area (Å²) in [6.45, 7) is 0. The highest BCUT2D eigenvalue weighted by molar-refractivity contribution is 6.13. The number of aromatic nitrogens is 2. The van der Waals surface area contributed by atoms with Crippen LogP contribution in [0.1, 0.15) is 0 Å². The van der Waals surface area contributed by atoms with E-state index in [4.69, 9.17) is 4.42 Å². The molecule has 10 aromatic rings. The second-order valence-corrected chi connectivity index (χ2v) is 11.8. The van der Waals surface area contributed by atoms with Crippen molar-refractivity contribution in [2.45, 2.75) is 0 Å². The van der Waals surface area contributed by atoms with Crippen LogP contribution in [0.2, 0.25) is 0 Å². The highest BCUT2D eigenvalue weighted by Gasteiger charge is 2.17. The number of hydrogen-bond acceptors (Lipinski definition) is 1. The molecule has 3 nitrogen and oxygen atoms in total. The van der Waals surface area contributed by atoms with Crippen LogP contribution in [0.4, 0.5) is 0 Å². The molecule has 10 rings (SSSR count). The van der Waals surface area contributed by atoms with Crippen molar-refractivity contribution in [2.24, 2.45) is 0 Å². The van der Waals surface area contributed by atoms with Crippen LogP contribution in [0.3, 0.4) is 0 Å². The molecule has 0 radical (unpaired) electrons. The number of benzene rings is 7. The minimum Gasteiger partial charge on any atom is -0.456 e. The Balaban J connectivity index is 1.21. The molecule has 210 valence electrons. The number of hydrogen-bond donors (Lipinski definition) is 0. The van der Waals surface area contributed by atoms with E-state index in [1.165, 1.54) is 54.7 Å². The topological polar surface area (TPSA) is 23.0 Å². The van der Waals surface area contributed by atoms with E-state index >= 15 is 0 Å². The zero-order chi connectivity index (χ0) is 29.5. The van der Waals surface area contributed by atoms with Crippen molar-refractivity contribution in [3.05, 3.63) is 158 Å². The van der Waals surface area contributed by atoms with Crippen molar-refractivity contribution in [3.63, 3.8) is 0 Å². The molecule has 0 aliphatic rings. The van der Waals surface area contributed by atoms with E-state index in [1.807, 2.05) is 0 Å². The molecular weight excluding hydrogens is 548 g/mol. The van der Waals surface area contributed by atoms with Gasteiger partial charge in [-0.2, -0.15) is 0 Å². The Kier molecular flexibility index (Phi) is 5.00. The molecule has 0 spiro atoms. The molecule has 0 amide bonds. The van der Waals surface area contributed by atoms with Crippen molar-refractivity contribution in [2.75, 3.05) is 0 Å². The Hall–Kier alpha value is -6.06. The van der Waals surface area contributed by atoms with E-state index in [0.717, 1.165) is 33.3 Å². The Morgan fingerprint density at radius 3 is 1.42 bits per heavy atom. The molecule has 0 atom stereocenters. The highest BCUT2D eigenvalue weighted by Crippen LogP contribution is 2.39. The van der Waals surface area contributed by atoms with Gasteiger partial charge in [-0.25, -0.2) is 0 Å². The van der Waals surface area contributed by atoms with Crippen molar-refractivity contribution in [1.82, 2.24) is 9.13 Å². The van der Waals surface area contributed by atoms with Gasteiger partial charge in [-0.3, -0.25) is 0 Å².